The summed E-state index contributed by atoms with van der Waals surface area (Å²) in [5, 5.41) is 0. The first-order valence-electron chi connectivity index (χ1n) is 8.19. The van der Waals surface area contributed by atoms with Gasteiger partial charge < -0.3 is 4.74 Å². The number of benzene rings is 2. The van der Waals surface area contributed by atoms with Crippen LogP contribution in [0.4, 0.5) is 0 Å². The second-order valence-electron chi connectivity index (χ2n) is 6.28. The van der Waals surface area contributed by atoms with E-state index in [-0.39, 0.29) is 5.91 Å². The van der Waals surface area contributed by atoms with Gasteiger partial charge in [0.15, 0.2) is 6.10 Å². The highest BCUT2D eigenvalue weighted by Gasteiger charge is 2.17. The predicted molar refractivity (Wildman–Crippen MR) is 97.5 cm³/mol. The summed E-state index contributed by atoms with van der Waals surface area (Å²) in [4.78, 5) is 24.3. The maximum atomic E-state index is 12.2. The van der Waals surface area contributed by atoms with E-state index in [0.29, 0.717) is 11.3 Å². The molecule has 0 aliphatic carbocycles. The summed E-state index contributed by atoms with van der Waals surface area (Å²) in [7, 11) is 0. The van der Waals surface area contributed by atoms with Crippen molar-refractivity contribution in [1.29, 1.82) is 0 Å². The third-order valence-electron chi connectivity index (χ3n) is 4.01. The molecular weight excluding hydrogens is 316 g/mol. The van der Waals surface area contributed by atoms with E-state index in [1.54, 1.807) is 19.1 Å². The van der Waals surface area contributed by atoms with E-state index < -0.39 is 12.0 Å². The second kappa shape index (κ2) is 7.83. The molecule has 0 bridgehead atoms. The highest BCUT2D eigenvalue weighted by molar-refractivity contribution is 5.96. The Hall–Kier alpha value is -2.82. The van der Waals surface area contributed by atoms with Gasteiger partial charge in [-0.05, 0) is 63.9 Å². The van der Waals surface area contributed by atoms with Crippen molar-refractivity contribution in [1.82, 2.24) is 10.9 Å². The average Bonchev–Trinajstić information content (AvgIpc) is 2.55. The van der Waals surface area contributed by atoms with Crippen molar-refractivity contribution in [3.63, 3.8) is 0 Å². The van der Waals surface area contributed by atoms with Crippen LogP contribution in [0.2, 0.25) is 0 Å². The first-order chi connectivity index (χ1) is 11.8. The van der Waals surface area contributed by atoms with Crippen LogP contribution in [0.3, 0.4) is 0 Å². The van der Waals surface area contributed by atoms with E-state index in [1.165, 1.54) is 0 Å². The third-order valence-corrected chi connectivity index (χ3v) is 4.01. The van der Waals surface area contributed by atoms with Crippen LogP contribution in [0.15, 0.2) is 36.4 Å². The van der Waals surface area contributed by atoms with Crippen molar-refractivity contribution in [3.8, 4) is 5.75 Å². The monoisotopic (exact) mass is 340 g/mol. The van der Waals surface area contributed by atoms with E-state index in [0.717, 1.165) is 22.3 Å². The molecule has 25 heavy (non-hydrogen) atoms. The van der Waals surface area contributed by atoms with Gasteiger partial charge in [-0.15, -0.1) is 0 Å². The maximum absolute atomic E-state index is 12.2. The largest absolute Gasteiger partial charge is 0.481 e. The minimum atomic E-state index is -0.736. The topological polar surface area (TPSA) is 67.4 Å². The summed E-state index contributed by atoms with van der Waals surface area (Å²) in [6.45, 7) is 9.40. The fraction of sp³-hybridized carbons (Fsp3) is 0.300. The van der Waals surface area contributed by atoms with Crippen LogP contribution in [0.1, 0.15) is 39.5 Å². The Labute approximate surface area is 148 Å². The van der Waals surface area contributed by atoms with Gasteiger partial charge in [0.1, 0.15) is 5.75 Å². The highest BCUT2D eigenvalue weighted by Crippen LogP contribution is 2.21. The van der Waals surface area contributed by atoms with E-state index in [4.69, 9.17) is 4.74 Å². The van der Waals surface area contributed by atoms with Crippen molar-refractivity contribution >= 4 is 11.8 Å². The van der Waals surface area contributed by atoms with Gasteiger partial charge in [-0.25, -0.2) is 0 Å². The number of ether oxygens (including phenoxy) is 1. The average molecular weight is 340 g/mol. The van der Waals surface area contributed by atoms with Gasteiger partial charge in [-0.3, -0.25) is 20.4 Å². The summed E-state index contributed by atoms with van der Waals surface area (Å²) in [5.74, 6) is -0.124. The van der Waals surface area contributed by atoms with Gasteiger partial charge in [0, 0.05) is 5.56 Å². The van der Waals surface area contributed by atoms with Crippen LogP contribution in [0, 0.1) is 27.7 Å². The van der Waals surface area contributed by atoms with E-state index in [9.17, 15) is 9.59 Å². The number of nitrogens with one attached hydrogen (secondary N) is 2. The maximum Gasteiger partial charge on any atom is 0.279 e. The molecule has 2 aromatic carbocycles. The fourth-order valence-electron chi connectivity index (χ4n) is 2.49. The molecule has 132 valence electrons. The fourth-order valence-corrected chi connectivity index (χ4v) is 2.49. The van der Waals surface area contributed by atoms with Crippen molar-refractivity contribution in [2.75, 3.05) is 0 Å². The lowest BCUT2D eigenvalue weighted by molar-refractivity contribution is -0.128. The van der Waals surface area contributed by atoms with Gasteiger partial charge in [-0.2, -0.15) is 0 Å². The Bertz CT molecular complexity index is 779. The Morgan fingerprint density at radius 2 is 1.60 bits per heavy atom. The molecule has 1 atom stereocenters. The van der Waals surface area contributed by atoms with Crippen LogP contribution in [0.25, 0.3) is 0 Å². The van der Waals surface area contributed by atoms with Crippen LogP contribution in [-0.4, -0.2) is 17.9 Å². The molecule has 0 aliphatic rings. The first-order valence-corrected chi connectivity index (χ1v) is 8.19. The Morgan fingerprint density at radius 1 is 0.960 bits per heavy atom. The molecule has 0 fully saturated rings. The number of hydrogen-bond acceptors (Lipinski definition) is 3. The predicted octanol–water partition coefficient (Wildman–Crippen LogP) is 3.15. The molecule has 0 aliphatic heterocycles. The van der Waals surface area contributed by atoms with Crippen LogP contribution in [0.5, 0.6) is 5.75 Å². The second-order valence-corrected chi connectivity index (χ2v) is 6.28. The Morgan fingerprint density at radius 3 is 2.24 bits per heavy atom. The summed E-state index contributed by atoms with van der Waals surface area (Å²) in [5.41, 5.74) is 9.40. The zero-order valence-corrected chi connectivity index (χ0v) is 15.3. The summed E-state index contributed by atoms with van der Waals surface area (Å²) in [6, 6.07) is 11.2. The van der Waals surface area contributed by atoms with Gasteiger partial charge >= 0.3 is 0 Å². The lowest BCUT2D eigenvalue weighted by Crippen LogP contribution is -2.47. The minimum absolute atomic E-state index is 0.362. The van der Waals surface area contributed by atoms with E-state index in [2.05, 4.69) is 10.9 Å². The van der Waals surface area contributed by atoms with Gasteiger partial charge in [0.25, 0.3) is 11.8 Å². The number of carbonyl (C=O) groups excluding carboxylic acids is 2. The molecule has 5 nitrogen and oxygen atoms in total. The number of hydrogen-bond donors (Lipinski definition) is 2. The molecule has 2 amide bonds. The molecule has 1 unspecified atom stereocenters. The standard InChI is InChI=1S/C20H24N2O3/c1-12-9-13(2)11-17(10-12)20(24)22-21-19(23)16(5)25-18-8-6-7-14(3)15(18)4/h6-11,16H,1-5H3,(H,21,23)(H,22,24). The first kappa shape index (κ1) is 18.5. The van der Waals surface area contributed by atoms with Crippen LogP contribution in [-0.2, 0) is 4.79 Å². The quantitative estimate of drug-likeness (QED) is 0.840. The number of carbonyl (C=O) groups is 2. The third kappa shape index (κ3) is 4.83. The molecule has 0 saturated heterocycles. The zero-order chi connectivity index (χ0) is 18.6. The Kier molecular flexibility index (Phi) is 5.80. The molecule has 0 spiro atoms. The number of amides is 2. The normalized spacial score (nSPS) is 11.6. The lowest BCUT2D eigenvalue weighted by Gasteiger charge is -2.17. The molecule has 2 aromatic rings. The molecule has 0 heterocycles. The molecule has 2 N–H and O–H groups in total. The highest BCUT2D eigenvalue weighted by atomic mass is 16.5. The minimum Gasteiger partial charge on any atom is -0.481 e. The Balaban J connectivity index is 1.95. The van der Waals surface area contributed by atoms with Crippen molar-refractivity contribution < 1.29 is 14.3 Å². The summed E-state index contributed by atoms with van der Waals surface area (Å²) < 4.78 is 5.70. The molecule has 5 heteroatoms. The molecule has 0 aromatic heterocycles. The van der Waals surface area contributed by atoms with Gasteiger partial charge in [0.05, 0.1) is 0 Å². The van der Waals surface area contributed by atoms with Gasteiger partial charge in [-0.1, -0.05) is 29.3 Å². The van der Waals surface area contributed by atoms with Gasteiger partial charge in [0.2, 0.25) is 0 Å². The number of rotatable bonds is 4. The van der Waals surface area contributed by atoms with Crippen molar-refractivity contribution in [2.24, 2.45) is 0 Å². The summed E-state index contributed by atoms with van der Waals surface area (Å²) in [6.07, 6.45) is -0.736. The molecule has 2 rings (SSSR count). The van der Waals surface area contributed by atoms with Crippen molar-refractivity contribution in [3.05, 3.63) is 64.2 Å². The van der Waals surface area contributed by atoms with E-state index in [1.807, 2.05) is 52.0 Å². The zero-order valence-electron chi connectivity index (χ0n) is 15.3. The molecular formula is C20H24N2O3. The van der Waals surface area contributed by atoms with E-state index >= 15 is 0 Å². The molecule has 0 saturated carbocycles. The van der Waals surface area contributed by atoms with Crippen LogP contribution < -0.4 is 15.6 Å². The molecule has 0 radical (unpaired) electrons. The lowest BCUT2D eigenvalue weighted by atomic mass is 10.1. The summed E-state index contributed by atoms with van der Waals surface area (Å²) >= 11 is 0. The smallest absolute Gasteiger partial charge is 0.279 e. The number of hydrazine groups is 1. The SMILES string of the molecule is Cc1cc(C)cc(C(=O)NNC(=O)C(C)Oc2cccc(C)c2C)c1. The van der Waals surface area contributed by atoms with Crippen molar-refractivity contribution in [2.45, 2.75) is 40.7 Å². The van der Waals surface area contributed by atoms with Crippen LogP contribution >= 0.6 is 0 Å². The number of aryl methyl sites for hydroxylation is 3.